The van der Waals surface area contributed by atoms with Crippen LogP contribution >= 0.6 is 0 Å². The highest BCUT2D eigenvalue weighted by Crippen LogP contribution is 2.14. The van der Waals surface area contributed by atoms with Crippen molar-refractivity contribution in [2.24, 2.45) is 0 Å². The highest BCUT2D eigenvalue weighted by molar-refractivity contribution is 5.95. The lowest BCUT2D eigenvalue weighted by Crippen LogP contribution is -2.04. The molecule has 0 spiro atoms. The molecular formula is C12H11NO3. The van der Waals surface area contributed by atoms with E-state index >= 15 is 0 Å². The van der Waals surface area contributed by atoms with Crippen molar-refractivity contribution >= 4 is 16.9 Å². The first kappa shape index (κ1) is 10.4. The zero-order valence-electron chi connectivity index (χ0n) is 8.82. The molecule has 2 aromatic rings. The summed E-state index contributed by atoms with van der Waals surface area (Å²) in [5.41, 5.74) is 0.809. The minimum absolute atomic E-state index is 0.121. The summed E-state index contributed by atoms with van der Waals surface area (Å²) < 4.78 is 10.1. The fourth-order valence-electron chi connectivity index (χ4n) is 1.44. The summed E-state index contributed by atoms with van der Waals surface area (Å²) in [6, 6.07) is 8.15. The second-order valence-electron chi connectivity index (χ2n) is 3.27. The van der Waals surface area contributed by atoms with Crippen LogP contribution in [-0.4, -0.2) is 12.5 Å². The van der Waals surface area contributed by atoms with Gasteiger partial charge in [0.1, 0.15) is 5.58 Å². The Morgan fingerprint density at radius 1 is 1.38 bits per heavy atom. The largest absolute Gasteiger partial charge is 0.478 e. The molecule has 1 aromatic carbocycles. The SMILES string of the molecule is CCOC(=N)c1ccc2oc(=O)ccc2c1. The predicted octanol–water partition coefficient (Wildman–Crippen LogP) is 2.15. The topological polar surface area (TPSA) is 63.3 Å². The monoisotopic (exact) mass is 217 g/mol. The Balaban J connectivity index is 2.48. The smallest absolute Gasteiger partial charge is 0.336 e. The molecule has 0 fully saturated rings. The first-order valence-corrected chi connectivity index (χ1v) is 4.96. The van der Waals surface area contributed by atoms with Crippen molar-refractivity contribution in [1.82, 2.24) is 0 Å². The maximum absolute atomic E-state index is 11.0. The van der Waals surface area contributed by atoms with Gasteiger partial charge < -0.3 is 9.15 Å². The third-order valence-corrected chi connectivity index (χ3v) is 2.17. The maximum Gasteiger partial charge on any atom is 0.336 e. The summed E-state index contributed by atoms with van der Waals surface area (Å²) in [7, 11) is 0. The minimum Gasteiger partial charge on any atom is -0.478 e. The van der Waals surface area contributed by atoms with Gasteiger partial charge in [0, 0.05) is 17.0 Å². The molecule has 16 heavy (non-hydrogen) atoms. The highest BCUT2D eigenvalue weighted by Gasteiger charge is 2.04. The zero-order chi connectivity index (χ0) is 11.5. The molecule has 0 aliphatic heterocycles. The molecule has 0 radical (unpaired) electrons. The summed E-state index contributed by atoms with van der Waals surface area (Å²) in [4.78, 5) is 11.0. The fraction of sp³-hybridized carbons (Fsp3) is 0.167. The highest BCUT2D eigenvalue weighted by atomic mass is 16.5. The van der Waals surface area contributed by atoms with Gasteiger partial charge in [0.2, 0.25) is 5.90 Å². The van der Waals surface area contributed by atoms with E-state index in [0.29, 0.717) is 17.8 Å². The molecule has 1 N–H and O–H groups in total. The number of rotatable bonds is 2. The van der Waals surface area contributed by atoms with Gasteiger partial charge in [-0.2, -0.15) is 0 Å². The van der Waals surface area contributed by atoms with Crippen LogP contribution in [0.15, 0.2) is 39.5 Å². The zero-order valence-corrected chi connectivity index (χ0v) is 8.82. The van der Waals surface area contributed by atoms with Crippen molar-refractivity contribution in [2.75, 3.05) is 6.61 Å². The van der Waals surface area contributed by atoms with Gasteiger partial charge >= 0.3 is 5.63 Å². The van der Waals surface area contributed by atoms with Crippen molar-refractivity contribution in [3.05, 3.63) is 46.3 Å². The number of hydrogen-bond acceptors (Lipinski definition) is 4. The summed E-state index contributed by atoms with van der Waals surface area (Å²) in [5.74, 6) is 0.121. The van der Waals surface area contributed by atoms with Crippen molar-refractivity contribution in [3.63, 3.8) is 0 Å². The van der Waals surface area contributed by atoms with Crippen molar-refractivity contribution in [2.45, 2.75) is 6.92 Å². The molecule has 0 saturated carbocycles. The molecule has 0 amide bonds. The lowest BCUT2D eigenvalue weighted by Gasteiger charge is -2.05. The lowest BCUT2D eigenvalue weighted by molar-refractivity contribution is 0.325. The Morgan fingerprint density at radius 2 is 2.19 bits per heavy atom. The Hall–Kier alpha value is -2.10. The Kier molecular flexibility index (Phi) is 2.72. The molecule has 4 heteroatoms. The van der Waals surface area contributed by atoms with E-state index < -0.39 is 0 Å². The standard InChI is InChI=1S/C12H11NO3/c1-2-15-12(13)9-3-5-10-8(7-9)4-6-11(14)16-10/h3-7,13H,2H2,1H3. The predicted molar refractivity (Wildman–Crippen MR) is 60.9 cm³/mol. The van der Waals surface area contributed by atoms with Gasteiger partial charge in [0.05, 0.1) is 6.61 Å². The van der Waals surface area contributed by atoms with Crippen LogP contribution in [0.4, 0.5) is 0 Å². The van der Waals surface area contributed by atoms with Crippen LogP contribution in [0.5, 0.6) is 0 Å². The molecular weight excluding hydrogens is 206 g/mol. The summed E-state index contributed by atoms with van der Waals surface area (Å²) in [5, 5.41) is 8.41. The number of benzene rings is 1. The molecule has 0 aliphatic carbocycles. The lowest BCUT2D eigenvalue weighted by atomic mass is 10.1. The maximum atomic E-state index is 11.0. The van der Waals surface area contributed by atoms with E-state index in [-0.39, 0.29) is 11.5 Å². The van der Waals surface area contributed by atoms with E-state index in [1.54, 1.807) is 24.3 Å². The third kappa shape index (κ3) is 1.95. The quantitative estimate of drug-likeness (QED) is 0.476. The van der Waals surface area contributed by atoms with Crippen LogP contribution in [0, 0.1) is 5.41 Å². The van der Waals surface area contributed by atoms with Crippen LogP contribution in [0.25, 0.3) is 11.0 Å². The molecule has 1 aromatic heterocycles. The van der Waals surface area contributed by atoms with Crippen LogP contribution in [0.3, 0.4) is 0 Å². The van der Waals surface area contributed by atoms with Gasteiger partial charge in [-0.05, 0) is 31.2 Å². The normalized spacial score (nSPS) is 10.3. The van der Waals surface area contributed by atoms with E-state index in [9.17, 15) is 4.79 Å². The van der Waals surface area contributed by atoms with Gasteiger partial charge in [-0.1, -0.05) is 0 Å². The number of fused-ring (bicyclic) bond motifs is 1. The van der Waals surface area contributed by atoms with Crippen LogP contribution in [0.2, 0.25) is 0 Å². The van der Waals surface area contributed by atoms with E-state index in [1.807, 2.05) is 6.92 Å². The van der Waals surface area contributed by atoms with Crippen LogP contribution < -0.4 is 5.63 Å². The van der Waals surface area contributed by atoms with E-state index in [4.69, 9.17) is 14.6 Å². The fourth-order valence-corrected chi connectivity index (χ4v) is 1.44. The number of ether oxygens (including phenoxy) is 1. The Labute approximate surface area is 92.0 Å². The molecule has 82 valence electrons. The third-order valence-electron chi connectivity index (χ3n) is 2.17. The van der Waals surface area contributed by atoms with Crippen LogP contribution in [-0.2, 0) is 4.74 Å². The second-order valence-corrected chi connectivity index (χ2v) is 3.27. The van der Waals surface area contributed by atoms with E-state index in [1.165, 1.54) is 6.07 Å². The summed E-state index contributed by atoms with van der Waals surface area (Å²) >= 11 is 0. The van der Waals surface area contributed by atoms with E-state index in [2.05, 4.69) is 0 Å². The number of hydrogen-bond donors (Lipinski definition) is 1. The molecule has 0 aliphatic rings. The average molecular weight is 217 g/mol. The molecule has 0 saturated heterocycles. The van der Waals surface area contributed by atoms with Crippen molar-refractivity contribution in [1.29, 1.82) is 5.41 Å². The second kappa shape index (κ2) is 4.18. The van der Waals surface area contributed by atoms with Crippen molar-refractivity contribution < 1.29 is 9.15 Å². The Bertz CT molecular complexity index is 586. The first-order chi connectivity index (χ1) is 7.70. The van der Waals surface area contributed by atoms with Gasteiger partial charge in [0.25, 0.3) is 0 Å². The van der Waals surface area contributed by atoms with Crippen LogP contribution in [0.1, 0.15) is 12.5 Å². The van der Waals surface area contributed by atoms with E-state index in [0.717, 1.165) is 5.39 Å². The Morgan fingerprint density at radius 3 is 2.94 bits per heavy atom. The molecule has 0 unspecified atom stereocenters. The molecule has 0 bridgehead atoms. The van der Waals surface area contributed by atoms with Crippen molar-refractivity contribution in [3.8, 4) is 0 Å². The minimum atomic E-state index is -0.375. The van der Waals surface area contributed by atoms with Gasteiger partial charge in [-0.15, -0.1) is 0 Å². The van der Waals surface area contributed by atoms with Gasteiger partial charge in [-0.25, -0.2) is 4.79 Å². The molecule has 2 rings (SSSR count). The van der Waals surface area contributed by atoms with Gasteiger partial charge in [0.15, 0.2) is 0 Å². The number of nitrogens with one attached hydrogen (secondary N) is 1. The van der Waals surface area contributed by atoms with Gasteiger partial charge in [-0.3, -0.25) is 5.41 Å². The summed E-state index contributed by atoms with van der Waals surface area (Å²) in [6.45, 7) is 2.29. The molecule has 0 atom stereocenters. The first-order valence-electron chi connectivity index (χ1n) is 4.96. The average Bonchev–Trinajstić information content (AvgIpc) is 2.28. The molecule has 4 nitrogen and oxygen atoms in total. The summed E-state index contributed by atoms with van der Waals surface area (Å²) in [6.07, 6.45) is 0. The molecule has 1 heterocycles.